The maximum absolute atomic E-state index is 12.7. The number of sulfonamides is 1. The minimum absolute atomic E-state index is 0.0710. The van der Waals surface area contributed by atoms with Crippen LogP contribution < -0.4 is 10.0 Å². The molecule has 2 fully saturated rings. The van der Waals surface area contributed by atoms with Crippen molar-refractivity contribution in [3.8, 4) is 6.19 Å². The Kier molecular flexibility index (Phi) is 6.22. The average Bonchev–Trinajstić information content (AvgIpc) is 3.10. The van der Waals surface area contributed by atoms with Gasteiger partial charge in [0.25, 0.3) is 0 Å². The topological polar surface area (TPSA) is 112 Å². The Bertz CT molecular complexity index is 849. The van der Waals surface area contributed by atoms with Gasteiger partial charge in [-0.15, -0.1) is 0 Å². The molecule has 1 aromatic rings. The van der Waals surface area contributed by atoms with Crippen molar-refractivity contribution in [3.63, 3.8) is 0 Å². The van der Waals surface area contributed by atoms with Crippen LogP contribution in [0.2, 0.25) is 5.02 Å². The molecular formula is C17H21ClN4O4S. The second-order valence-electron chi connectivity index (χ2n) is 6.67. The van der Waals surface area contributed by atoms with Gasteiger partial charge in [-0.1, -0.05) is 11.6 Å². The molecule has 146 valence electrons. The van der Waals surface area contributed by atoms with Crippen molar-refractivity contribution in [3.05, 3.63) is 23.2 Å². The number of halogens is 1. The molecule has 0 saturated carbocycles. The fourth-order valence-electron chi connectivity index (χ4n) is 3.22. The molecule has 27 heavy (non-hydrogen) atoms. The molecule has 2 saturated heterocycles. The Balaban J connectivity index is 1.72. The molecular weight excluding hydrogens is 392 g/mol. The zero-order chi connectivity index (χ0) is 19.4. The van der Waals surface area contributed by atoms with E-state index in [0.717, 1.165) is 0 Å². The summed E-state index contributed by atoms with van der Waals surface area (Å²) in [6.45, 7) is 1.93. The Morgan fingerprint density at radius 3 is 2.70 bits per heavy atom. The molecule has 2 aliphatic rings. The number of carbonyl (C=O) groups is 1. The second kappa shape index (κ2) is 8.44. The Morgan fingerprint density at radius 1 is 1.30 bits per heavy atom. The van der Waals surface area contributed by atoms with Crippen LogP contribution in [0.15, 0.2) is 23.1 Å². The molecule has 3 rings (SSSR count). The first-order chi connectivity index (χ1) is 12.9. The fourth-order valence-corrected chi connectivity index (χ4v) is 5.01. The number of amides is 1. The van der Waals surface area contributed by atoms with Gasteiger partial charge < -0.3 is 15.0 Å². The number of rotatable bonds is 5. The van der Waals surface area contributed by atoms with E-state index in [1.165, 1.54) is 17.0 Å². The normalized spacial score (nSPS) is 21.0. The molecule has 10 heteroatoms. The first-order valence-corrected chi connectivity index (χ1v) is 10.6. The predicted octanol–water partition coefficient (Wildman–Crippen LogP) is 1.54. The molecule has 2 N–H and O–H groups in total. The van der Waals surface area contributed by atoms with Crippen molar-refractivity contribution in [2.45, 2.75) is 30.2 Å². The number of carbonyl (C=O) groups excluding carboxylic acids is 1. The molecule has 0 aliphatic carbocycles. The summed E-state index contributed by atoms with van der Waals surface area (Å²) < 4.78 is 33.3. The Labute approximate surface area is 163 Å². The molecule has 1 aromatic carbocycles. The minimum Gasteiger partial charge on any atom is -0.381 e. The quantitative estimate of drug-likeness (QED) is 0.709. The number of hydrogen-bond acceptors (Lipinski definition) is 6. The van der Waals surface area contributed by atoms with E-state index >= 15 is 0 Å². The number of nitriles is 1. The van der Waals surface area contributed by atoms with Crippen LogP contribution in [0.3, 0.4) is 0 Å². The fraction of sp³-hybridized carbons (Fsp3) is 0.529. The van der Waals surface area contributed by atoms with Crippen molar-refractivity contribution in [2.75, 3.05) is 31.6 Å². The van der Waals surface area contributed by atoms with Gasteiger partial charge in [0, 0.05) is 44.0 Å². The SMILES string of the molecule is N#CN1CCC(NS(=O)(=O)c2cc(NC(=O)C3CCOCC3)ccc2Cl)C1. The number of hydrogen-bond donors (Lipinski definition) is 2. The van der Waals surface area contributed by atoms with Gasteiger partial charge in [-0.05, 0) is 37.5 Å². The molecule has 8 nitrogen and oxygen atoms in total. The van der Waals surface area contributed by atoms with Gasteiger partial charge in [-0.25, -0.2) is 13.1 Å². The van der Waals surface area contributed by atoms with Crippen molar-refractivity contribution in [2.24, 2.45) is 5.92 Å². The van der Waals surface area contributed by atoms with Gasteiger partial charge in [-0.2, -0.15) is 5.26 Å². The van der Waals surface area contributed by atoms with E-state index in [-0.39, 0.29) is 27.8 Å². The zero-order valence-corrected chi connectivity index (χ0v) is 16.2. The van der Waals surface area contributed by atoms with Crippen LogP contribution in [-0.2, 0) is 19.6 Å². The van der Waals surface area contributed by atoms with Crippen molar-refractivity contribution < 1.29 is 17.9 Å². The van der Waals surface area contributed by atoms with Crippen molar-refractivity contribution >= 4 is 33.2 Å². The van der Waals surface area contributed by atoms with Gasteiger partial charge in [0.2, 0.25) is 15.9 Å². The molecule has 0 bridgehead atoms. The van der Waals surface area contributed by atoms with E-state index in [0.29, 0.717) is 51.3 Å². The summed E-state index contributed by atoms with van der Waals surface area (Å²) in [5.74, 6) is -0.305. The van der Waals surface area contributed by atoms with Crippen LogP contribution >= 0.6 is 11.6 Å². The van der Waals surface area contributed by atoms with E-state index in [2.05, 4.69) is 10.0 Å². The van der Waals surface area contributed by atoms with Gasteiger partial charge >= 0.3 is 0 Å². The van der Waals surface area contributed by atoms with Crippen molar-refractivity contribution in [1.82, 2.24) is 9.62 Å². The average molecular weight is 413 g/mol. The van der Waals surface area contributed by atoms with Gasteiger partial charge in [-0.3, -0.25) is 4.79 Å². The number of nitrogens with zero attached hydrogens (tertiary/aromatic N) is 2. The molecule has 2 heterocycles. The molecule has 0 spiro atoms. The monoisotopic (exact) mass is 412 g/mol. The summed E-state index contributed by atoms with van der Waals surface area (Å²) in [4.78, 5) is 13.8. The van der Waals surface area contributed by atoms with E-state index in [9.17, 15) is 13.2 Å². The van der Waals surface area contributed by atoms with Crippen LogP contribution in [0.25, 0.3) is 0 Å². The predicted molar refractivity (Wildman–Crippen MR) is 99.5 cm³/mol. The highest BCUT2D eigenvalue weighted by Gasteiger charge is 2.28. The molecule has 0 aromatic heterocycles. The highest BCUT2D eigenvalue weighted by atomic mass is 35.5. The van der Waals surface area contributed by atoms with Crippen LogP contribution in [0.4, 0.5) is 5.69 Å². The highest BCUT2D eigenvalue weighted by Crippen LogP contribution is 2.27. The molecule has 1 amide bonds. The summed E-state index contributed by atoms with van der Waals surface area (Å²) >= 11 is 6.10. The van der Waals surface area contributed by atoms with Gasteiger partial charge in [0.1, 0.15) is 4.90 Å². The third-order valence-corrected chi connectivity index (χ3v) is 6.73. The standard InChI is InChI=1S/C17H21ClN4O4S/c18-15-2-1-13(20-17(23)12-4-7-26-8-5-12)9-16(15)27(24,25)21-14-3-6-22(10-14)11-19/h1-2,9,12,14,21H,3-8,10H2,(H,20,23). The van der Waals surface area contributed by atoms with Crippen LogP contribution in [0.1, 0.15) is 19.3 Å². The summed E-state index contributed by atoms with van der Waals surface area (Å²) in [6, 6.07) is 4.03. The largest absolute Gasteiger partial charge is 0.381 e. The molecule has 1 unspecified atom stereocenters. The number of likely N-dealkylation sites (tertiary alicyclic amines) is 1. The lowest BCUT2D eigenvalue weighted by atomic mass is 9.99. The Hall–Kier alpha value is -1.86. The minimum atomic E-state index is -3.88. The number of nitrogens with one attached hydrogen (secondary N) is 2. The van der Waals surface area contributed by atoms with Crippen LogP contribution in [-0.4, -0.2) is 51.6 Å². The van der Waals surface area contributed by atoms with Crippen molar-refractivity contribution in [1.29, 1.82) is 5.26 Å². The van der Waals surface area contributed by atoms with Gasteiger partial charge in [0.05, 0.1) is 5.02 Å². The van der Waals surface area contributed by atoms with E-state index in [4.69, 9.17) is 21.6 Å². The summed E-state index contributed by atoms with van der Waals surface area (Å²) in [7, 11) is -3.88. The maximum Gasteiger partial charge on any atom is 0.242 e. The summed E-state index contributed by atoms with van der Waals surface area (Å²) in [5.41, 5.74) is 0.376. The molecule has 0 radical (unpaired) electrons. The Morgan fingerprint density at radius 2 is 2.04 bits per heavy atom. The lowest BCUT2D eigenvalue weighted by Gasteiger charge is -2.21. The number of anilines is 1. The smallest absolute Gasteiger partial charge is 0.242 e. The first kappa shape index (κ1) is 19.9. The first-order valence-electron chi connectivity index (χ1n) is 8.74. The highest BCUT2D eigenvalue weighted by molar-refractivity contribution is 7.89. The second-order valence-corrected chi connectivity index (χ2v) is 8.76. The number of ether oxygens (including phenoxy) is 1. The lowest BCUT2D eigenvalue weighted by molar-refractivity contribution is -0.122. The van der Waals surface area contributed by atoms with E-state index in [1.807, 2.05) is 6.19 Å². The zero-order valence-electron chi connectivity index (χ0n) is 14.7. The van der Waals surface area contributed by atoms with Crippen LogP contribution in [0.5, 0.6) is 0 Å². The molecule has 1 atom stereocenters. The third kappa shape index (κ3) is 4.90. The van der Waals surface area contributed by atoms with Gasteiger partial charge in [0.15, 0.2) is 6.19 Å². The molecule has 2 aliphatic heterocycles. The van der Waals surface area contributed by atoms with E-state index in [1.54, 1.807) is 6.07 Å². The van der Waals surface area contributed by atoms with Crippen LogP contribution in [0, 0.1) is 17.4 Å². The number of benzene rings is 1. The maximum atomic E-state index is 12.7. The summed E-state index contributed by atoms with van der Waals surface area (Å²) in [6.07, 6.45) is 3.84. The summed E-state index contributed by atoms with van der Waals surface area (Å²) in [5, 5.41) is 11.7. The third-order valence-electron chi connectivity index (χ3n) is 4.73. The lowest BCUT2D eigenvalue weighted by Crippen LogP contribution is -2.36. The van der Waals surface area contributed by atoms with E-state index < -0.39 is 10.0 Å².